The standard InChI is InChI=1S/C16H23NO4/c1-10-9-21-12-8-16(2,3)7-11(15(10)12)17-13(18)5-4-6-14(19)20/h9,11H,4-8H2,1-3H3,(H,17,18)(H,19,20). The number of rotatable bonds is 5. The normalized spacial score (nSPS) is 19.9. The molecular weight excluding hydrogens is 270 g/mol. The minimum absolute atomic E-state index is 0.0273. The maximum absolute atomic E-state index is 12.0. The minimum Gasteiger partial charge on any atom is -0.481 e. The van der Waals surface area contributed by atoms with Gasteiger partial charge in [-0.15, -0.1) is 0 Å². The molecule has 5 nitrogen and oxygen atoms in total. The number of fused-ring (bicyclic) bond motifs is 1. The molecule has 2 N–H and O–H groups in total. The van der Waals surface area contributed by atoms with Crippen LogP contribution in [0.1, 0.15) is 62.5 Å². The van der Waals surface area contributed by atoms with Crippen molar-refractivity contribution in [3.63, 3.8) is 0 Å². The second-order valence-corrected chi connectivity index (χ2v) is 6.67. The van der Waals surface area contributed by atoms with E-state index in [1.54, 1.807) is 6.26 Å². The molecule has 1 heterocycles. The van der Waals surface area contributed by atoms with Gasteiger partial charge in [-0.05, 0) is 30.7 Å². The lowest BCUT2D eigenvalue weighted by molar-refractivity contribution is -0.137. The van der Waals surface area contributed by atoms with Gasteiger partial charge >= 0.3 is 5.97 Å². The van der Waals surface area contributed by atoms with Gasteiger partial charge in [0.15, 0.2) is 0 Å². The van der Waals surface area contributed by atoms with Crippen LogP contribution in [0.15, 0.2) is 10.7 Å². The Labute approximate surface area is 124 Å². The predicted octanol–water partition coefficient (Wildman–Crippen LogP) is 2.97. The van der Waals surface area contributed by atoms with Crippen LogP contribution in [0.2, 0.25) is 0 Å². The molecule has 0 bridgehead atoms. The van der Waals surface area contributed by atoms with Crippen molar-refractivity contribution < 1.29 is 19.1 Å². The average molecular weight is 293 g/mol. The van der Waals surface area contributed by atoms with E-state index in [1.165, 1.54) is 0 Å². The number of carbonyl (C=O) groups is 2. The molecule has 5 heteroatoms. The topological polar surface area (TPSA) is 79.5 Å². The van der Waals surface area contributed by atoms with Gasteiger partial charge in [0.25, 0.3) is 0 Å². The number of aryl methyl sites for hydroxylation is 1. The van der Waals surface area contributed by atoms with Crippen LogP contribution < -0.4 is 5.32 Å². The molecule has 1 aromatic rings. The highest BCUT2D eigenvalue weighted by Gasteiger charge is 2.36. The van der Waals surface area contributed by atoms with Crippen molar-refractivity contribution in [3.8, 4) is 0 Å². The van der Waals surface area contributed by atoms with E-state index in [2.05, 4.69) is 19.2 Å². The summed E-state index contributed by atoms with van der Waals surface area (Å²) in [4.78, 5) is 22.5. The van der Waals surface area contributed by atoms with E-state index in [9.17, 15) is 9.59 Å². The molecule has 0 spiro atoms. The number of hydrogen-bond donors (Lipinski definition) is 2. The van der Waals surface area contributed by atoms with Crippen molar-refractivity contribution >= 4 is 11.9 Å². The third kappa shape index (κ3) is 3.86. The van der Waals surface area contributed by atoms with Crippen molar-refractivity contribution in [1.29, 1.82) is 0 Å². The second kappa shape index (κ2) is 5.92. The molecule has 116 valence electrons. The van der Waals surface area contributed by atoms with Gasteiger partial charge in [0.1, 0.15) is 5.76 Å². The van der Waals surface area contributed by atoms with E-state index in [1.807, 2.05) is 6.92 Å². The fourth-order valence-electron chi connectivity index (χ4n) is 3.06. The molecule has 0 aliphatic heterocycles. The molecule has 0 saturated carbocycles. The highest BCUT2D eigenvalue weighted by molar-refractivity contribution is 5.77. The van der Waals surface area contributed by atoms with Crippen LogP contribution in [-0.4, -0.2) is 17.0 Å². The highest BCUT2D eigenvalue weighted by Crippen LogP contribution is 2.42. The Bertz CT molecular complexity index is 544. The summed E-state index contributed by atoms with van der Waals surface area (Å²) in [6, 6.07) is -0.0418. The second-order valence-electron chi connectivity index (χ2n) is 6.67. The summed E-state index contributed by atoms with van der Waals surface area (Å²) < 4.78 is 5.62. The van der Waals surface area contributed by atoms with Crippen LogP contribution in [0, 0.1) is 12.3 Å². The largest absolute Gasteiger partial charge is 0.481 e. The van der Waals surface area contributed by atoms with Gasteiger partial charge in [-0.25, -0.2) is 0 Å². The Morgan fingerprint density at radius 3 is 2.81 bits per heavy atom. The van der Waals surface area contributed by atoms with Crippen molar-refractivity contribution in [2.45, 2.75) is 58.9 Å². The average Bonchev–Trinajstić information content (AvgIpc) is 2.68. The number of carbonyl (C=O) groups excluding carboxylic acids is 1. The summed E-state index contributed by atoms with van der Waals surface area (Å²) in [5.74, 6) is -0.000323. The molecule has 1 amide bonds. The van der Waals surface area contributed by atoms with Gasteiger partial charge in [0.2, 0.25) is 5.91 Å². The first-order chi connectivity index (χ1) is 9.78. The van der Waals surface area contributed by atoms with Gasteiger partial charge in [0, 0.05) is 24.8 Å². The molecule has 0 aromatic carbocycles. The maximum Gasteiger partial charge on any atom is 0.303 e. The maximum atomic E-state index is 12.0. The fraction of sp³-hybridized carbons (Fsp3) is 0.625. The molecule has 0 saturated heterocycles. The Hall–Kier alpha value is -1.78. The summed E-state index contributed by atoms with van der Waals surface area (Å²) >= 11 is 0. The number of aliphatic carboxylic acids is 1. The number of nitrogens with one attached hydrogen (secondary N) is 1. The van der Waals surface area contributed by atoms with Gasteiger partial charge in [-0.3, -0.25) is 9.59 Å². The molecular formula is C16H23NO4. The zero-order chi connectivity index (χ0) is 15.6. The van der Waals surface area contributed by atoms with Gasteiger partial charge in [0.05, 0.1) is 12.3 Å². The summed E-state index contributed by atoms with van der Waals surface area (Å²) in [5, 5.41) is 11.7. The van der Waals surface area contributed by atoms with E-state index in [4.69, 9.17) is 9.52 Å². The third-order valence-corrected chi connectivity index (χ3v) is 3.98. The van der Waals surface area contributed by atoms with Crippen molar-refractivity contribution in [3.05, 3.63) is 23.2 Å². The van der Waals surface area contributed by atoms with Crippen LogP contribution >= 0.6 is 0 Å². The molecule has 1 atom stereocenters. The molecule has 1 aliphatic carbocycles. The van der Waals surface area contributed by atoms with Crippen LogP contribution in [0.25, 0.3) is 0 Å². The number of amides is 1. The first-order valence-corrected chi connectivity index (χ1v) is 7.36. The van der Waals surface area contributed by atoms with Crippen molar-refractivity contribution in [2.75, 3.05) is 0 Å². The van der Waals surface area contributed by atoms with Crippen LogP contribution in [0.4, 0.5) is 0 Å². The van der Waals surface area contributed by atoms with E-state index < -0.39 is 5.97 Å². The van der Waals surface area contributed by atoms with E-state index >= 15 is 0 Å². The number of furan rings is 1. The fourth-order valence-corrected chi connectivity index (χ4v) is 3.06. The Balaban J connectivity index is 2.03. The van der Waals surface area contributed by atoms with Crippen LogP contribution in [0.3, 0.4) is 0 Å². The molecule has 1 aromatic heterocycles. The first kappa shape index (κ1) is 15.6. The lowest BCUT2D eigenvalue weighted by atomic mass is 9.74. The Morgan fingerprint density at radius 1 is 1.43 bits per heavy atom. The summed E-state index contributed by atoms with van der Waals surface area (Å²) in [6.45, 7) is 6.32. The molecule has 21 heavy (non-hydrogen) atoms. The molecule has 0 fully saturated rings. The number of carboxylic acids is 1. The van der Waals surface area contributed by atoms with Gasteiger partial charge in [-0.2, -0.15) is 0 Å². The van der Waals surface area contributed by atoms with Crippen molar-refractivity contribution in [1.82, 2.24) is 5.32 Å². The Morgan fingerprint density at radius 2 is 2.14 bits per heavy atom. The molecule has 1 aliphatic rings. The zero-order valence-corrected chi connectivity index (χ0v) is 12.9. The monoisotopic (exact) mass is 293 g/mol. The highest BCUT2D eigenvalue weighted by atomic mass is 16.4. The van der Waals surface area contributed by atoms with Gasteiger partial charge < -0.3 is 14.8 Å². The lowest BCUT2D eigenvalue weighted by Crippen LogP contribution is -2.36. The lowest BCUT2D eigenvalue weighted by Gasteiger charge is -2.35. The van der Waals surface area contributed by atoms with Gasteiger partial charge in [-0.1, -0.05) is 13.8 Å². The quantitative estimate of drug-likeness (QED) is 0.874. The molecule has 1 unspecified atom stereocenters. The van der Waals surface area contributed by atoms with Crippen LogP contribution in [0.5, 0.6) is 0 Å². The van der Waals surface area contributed by atoms with Crippen molar-refractivity contribution in [2.24, 2.45) is 5.41 Å². The number of carboxylic acid groups (broad SMARTS) is 1. The smallest absolute Gasteiger partial charge is 0.303 e. The first-order valence-electron chi connectivity index (χ1n) is 7.36. The minimum atomic E-state index is -0.866. The summed E-state index contributed by atoms with van der Waals surface area (Å²) in [5.41, 5.74) is 2.24. The SMILES string of the molecule is Cc1coc2c1C(NC(=O)CCCC(=O)O)CC(C)(C)C2. The number of hydrogen-bond acceptors (Lipinski definition) is 3. The molecule has 0 radical (unpaired) electrons. The third-order valence-electron chi connectivity index (χ3n) is 3.98. The van der Waals surface area contributed by atoms with Crippen LogP contribution in [-0.2, 0) is 16.0 Å². The van der Waals surface area contributed by atoms with E-state index in [0.29, 0.717) is 6.42 Å². The van der Waals surface area contributed by atoms with E-state index in [0.717, 1.165) is 29.7 Å². The zero-order valence-electron chi connectivity index (χ0n) is 12.9. The van der Waals surface area contributed by atoms with E-state index in [-0.39, 0.29) is 30.2 Å². The molecule has 2 rings (SSSR count). The summed E-state index contributed by atoms with van der Waals surface area (Å²) in [6.07, 6.45) is 4.13. The summed E-state index contributed by atoms with van der Waals surface area (Å²) in [7, 11) is 0. The Kier molecular flexibility index (Phi) is 4.40. The predicted molar refractivity (Wildman–Crippen MR) is 77.9 cm³/mol.